The van der Waals surface area contributed by atoms with Crippen LogP contribution in [0.25, 0.3) is 115 Å². The van der Waals surface area contributed by atoms with E-state index in [0.717, 1.165) is 49.9 Å². The molecule has 0 saturated heterocycles. The third-order valence-electron chi connectivity index (χ3n) is 15.7. The first-order chi connectivity index (χ1) is 36.0. The molecule has 15 rings (SSSR count). The van der Waals surface area contributed by atoms with Crippen LogP contribution in [-0.4, -0.2) is 14.5 Å². The van der Waals surface area contributed by atoms with E-state index in [2.05, 4.69) is 260 Å². The van der Waals surface area contributed by atoms with Crippen LogP contribution in [0.15, 0.2) is 243 Å². The molecule has 0 N–H and O–H groups in total. The predicted octanol–water partition coefficient (Wildman–Crippen LogP) is 18.4. The lowest BCUT2D eigenvalue weighted by Crippen LogP contribution is -2.17. The molecule has 1 aliphatic carbocycles. The number of nitrogens with zero attached hydrogens (tertiary/aromatic N) is 4. The molecular weight excluding hydrogens is 885 g/mol. The van der Waals surface area contributed by atoms with Gasteiger partial charge in [-0.2, -0.15) is 0 Å². The van der Waals surface area contributed by atoms with Crippen LogP contribution in [-0.2, 0) is 5.41 Å². The third kappa shape index (κ3) is 6.20. The second-order valence-electron chi connectivity index (χ2n) is 20.1. The molecule has 14 aromatic rings. The molecular formula is C69H46N4. The highest BCUT2D eigenvalue weighted by Crippen LogP contribution is 2.58. The van der Waals surface area contributed by atoms with Crippen molar-refractivity contribution in [2.75, 3.05) is 4.90 Å². The molecule has 0 aliphatic heterocycles. The van der Waals surface area contributed by atoms with Gasteiger partial charge in [0.1, 0.15) is 0 Å². The quantitative estimate of drug-likeness (QED) is 0.156. The fourth-order valence-electron chi connectivity index (χ4n) is 12.4. The lowest BCUT2D eigenvalue weighted by Gasteiger charge is -2.26. The van der Waals surface area contributed by atoms with Crippen molar-refractivity contribution in [3.63, 3.8) is 0 Å². The van der Waals surface area contributed by atoms with Gasteiger partial charge in [-0.1, -0.05) is 196 Å². The molecule has 0 atom stereocenters. The Morgan fingerprint density at radius 3 is 1.67 bits per heavy atom. The second kappa shape index (κ2) is 15.8. The number of hydrogen-bond donors (Lipinski definition) is 0. The van der Waals surface area contributed by atoms with Gasteiger partial charge in [-0.3, -0.25) is 4.57 Å². The molecule has 4 heteroatoms. The highest BCUT2D eigenvalue weighted by atomic mass is 15.2. The summed E-state index contributed by atoms with van der Waals surface area (Å²) >= 11 is 0. The average molecular weight is 931 g/mol. The Labute approximate surface area is 422 Å². The molecule has 73 heavy (non-hydrogen) atoms. The van der Waals surface area contributed by atoms with Gasteiger partial charge in [-0.15, -0.1) is 0 Å². The standard InChI is InChI=1S/C69H46N4/c1-69(2)61-41-59-54-28-13-11-26-52(54)51-25-10-12-27-53(51)58(59)40-60(61)64-55-29-14-15-30-56(55)65-57-37-36-50(39-63(57)73(67(65)66(64)69)68-70-42-47-22-9-16-31-62(47)71-68)72(48-34-32-45(33-35-48)43-18-5-3-6-19-43)49-24-17-23-46(38-49)44-20-7-4-8-21-44/h3-42H,1-2H3. The molecule has 4 nitrogen and oxygen atoms in total. The van der Waals surface area contributed by atoms with Gasteiger partial charge in [-0.05, 0) is 142 Å². The van der Waals surface area contributed by atoms with E-state index < -0.39 is 5.41 Å². The van der Waals surface area contributed by atoms with Crippen molar-refractivity contribution < 1.29 is 0 Å². The number of hydrogen-bond acceptors (Lipinski definition) is 3. The van der Waals surface area contributed by atoms with Gasteiger partial charge < -0.3 is 4.90 Å². The first-order valence-electron chi connectivity index (χ1n) is 25.2. The predicted molar refractivity (Wildman–Crippen MR) is 307 cm³/mol. The van der Waals surface area contributed by atoms with Crippen LogP contribution in [0.5, 0.6) is 0 Å². The summed E-state index contributed by atoms with van der Waals surface area (Å²) in [6.07, 6.45) is 1.99. The van der Waals surface area contributed by atoms with Gasteiger partial charge in [-0.25, -0.2) is 9.97 Å². The maximum absolute atomic E-state index is 5.45. The number of anilines is 3. The molecule has 2 heterocycles. The molecule has 0 radical (unpaired) electrons. The van der Waals surface area contributed by atoms with E-state index >= 15 is 0 Å². The largest absolute Gasteiger partial charge is 0.310 e. The normalized spacial score (nSPS) is 12.9. The Balaban J connectivity index is 1.05. The highest BCUT2D eigenvalue weighted by molar-refractivity contribution is 6.30. The molecule has 0 unspecified atom stereocenters. The number of aromatic nitrogens is 3. The summed E-state index contributed by atoms with van der Waals surface area (Å²) < 4.78 is 2.39. The Morgan fingerprint density at radius 2 is 0.959 bits per heavy atom. The Hall–Kier alpha value is -9.38. The average Bonchev–Trinajstić information content (AvgIpc) is 3.94. The number of fused-ring (bicyclic) bond motifs is 17. The molecule has 12 aromatic carbocycles. The monoisotopic (exact) mass is 930 g/mol. The minimum atomic E-state index is -0.413. The molecule has 2 aromatic heterocycles. The highest BCUT2D eigenvalue weighted by Gasteiger charge is 2.41. The molecule has 0 spiro atoms. The smallest absolute Gasteiger partial charge is 0.235 e. The van der Waals surface area contributed by atoms with E-state index in [4.69, 9.17) is 9.97 Å². The van der Waals surface area contributed by atoms with E-state index in [-0.39, 0.29) is 0 Å². The third-order valence-corrected chi connectivity index (χ3v) is 15.7. The fraction of sp³-hybridized carbons (Fsp3) is 0.0435. The van der Waals surface area contributed by atoms with Crippen molar-refractivity contribution in [3.8, 4) is 39.3 Å². The Kier molecular flexibility index (Phi) is 8.97. The summed E-state index contributed by atoms with van der Waals surface area (Å²) in [5, 5.41) is 13.5. The maximum atomic E-state index is 5.45. The zero-order chi connectivity index (χ0) is 48.4. The van der Waals surface area contributed by atoms with Gasteiger partial charge in [0.05, 0.1) is 16.6 Å². The fourth-order valence-corrected chi connectivity index (χ4v) is 12.4. The van der Waals surface area contributed by atoms with E-state index in [0.29, 0.717) is 5.95 Å². The molecule has 342 valence electrons. The zero-order valence-electron chi connectivity index (χ0n) is 40.4. The minimum absolute atomic E-state index is 0.413. The number of rotatable bonds is 6. The van der Waals surface area contributed by atoms with Crippen molar-refractivity contribution >= 4 is 92.9 Å². The summed E-state index contributed by atoms with van der Waals surface area (Å²) in [7, 11) is 0. The minimum Gasteiger partial charge on any atom is -0.310 e. The maximum Gasteiger partial charge on any atom is 0.235 e. The summed E-state index contributed by atoms with van der Waals surface area (Å²) in [5.74, 6) is 0.645. The van der Waals surface area contributed by atoms with Gasteiger partial charge in [0.15, 0.2) is 0 Å². The van der Waals surface area contributed by atoms with E-state index in [9.17, 15) is 0 Å². The van der Waals surface area contributed by atoms with Gasteiger partial charge in [0.2, 0.25) is 5.95 Å². The Morgan fingerprint density at radius 1 is 0.411 bits per heavy atom. The molecule has 0 amide bonds. The van der Waals surface area contributed by atoms with Crippen LogP contribution >= 0.6 is 0 Å². The van der Waals surface area contributed by atoms with Crippen LogP contribution in [0.2, 0.25) is 0 Å². The SMILES string of the molecule is CC1(C)c2cc3c4ccccc4c4ccccc4c3cc2-c2c1c1c(c3ccccc23)c2ccc(N(c3ccc(-c4ccccc4)cc3)c3cccc(-c4ccccc4)c3)cc2n1-c1ncc2ccccc2n1. The van der Waals surface area contributed by atoms with Crippen molar-refractivity contribution in [2.45, 2.75) is 19.3 Å². The van der Waals surface area contributed by atoms with Crippen molar-refractivity contribution in [3.05, 3.63) is 254 Å². The van der Waals surface area contributed by atoms with Crippen LogP contribution in [0.4, 0.5) is 17.1 Å². The van der Waals surface area contributed by atoms with Crippen LogP contribution < -0.4 is 4.90 Å². The van der Waals surface area contributed by atoms with Gasteiger partial charge >= 0.3 is 0 Å². The summed E-state index contributed by atoms with van der Waals surface area (Å²) in [4.78, 5) is 13.1. The molecule has 1 aliphatic rings. The van der Waals surface area contributed by atoms with Crippen molar-refractivity contribution in [2.24, 2.45) is 0 Å². The Bertz CT molecular complexity index is 4570. The lowest BCUT2D eigenvalue weighted by molar-refractivity contribution is 0.664. The number of benzene rings is 12. The summed E-state index contributed by atoms with van der Waals surface area (Å²) in [5.41, 5.74) is 15.7. The topological polar surface area (TPSA) is 34.0 Å². The number of para-hydroxylation sites is 1. The first kappa shape index (κ1) is 41.4. The second-order valence-corrected chi connectivity index (χ2v) is 20.1. The van der Waals surface area contributed by atoms with Gasteiger partial charge in [0, 0.05) is 44.8 Å². The zero-order valence-corrected chi connectivity index (χ0v) is 40.4. The van der Waals surface area contributed by atoms with Gasteiger partial charge in [0.25, 0.3) is 0 Å². The van der Waals surface area contributed by atoms with Crippen molar-refractivity contribution in [1.82, 2.24) is 14.5 Å². The van der Waals surface area contributed by atoms with E-state index in [1.165, 1.54) is 87.4 Å². The summed E-state index contributed by atoms with van der Waals surface area (Å²) in [6, 6.07) is 86.4. The van der Waals surface area contributed by atoms with Crippen LogP contribution in [0.1, 0.15) is 25.0 Å². The molecule has 0 saturated carbocycles. The van der Waals surface area contributed by atoms with Crippen LogP contribution in [0, 0.1) is 0 Å². The van der Waals surface area contributed by atoms with E-state index in [1.807, 2.05) is 6.20 Å². The summed E-state index contributed by atoms with van der Waals surface area (Å²) in [6.45, 7) is 4.85. The first-order valence-corrected chi connectivity index (χ1v) is 25.2. The lowest BCUT2D eigenvalue weighted by atomic mass is 9.80. The molecule has 0 bridgehead atoms. The van der Waals surface area contributed by atoms with Crippen LogP contribution in [0.3, 0.4) is 0 Å². The van der Waals surface area contributed by atoms with Crippen molar-refractivity contribution in [1.29, 1.82) is 0 Å². The molecule has 0 fully saturated rings. The van der Waals surface area contributed by atoms with E-state index in [1.54, 1.807) is 0 Å².